The fraction of sp³-hybridized carbons (Fsp3) is 0.167. The number of unbranched alkanes of at least 4 members (excludes halogenated alkanes) is 2. The molecule has 0 spiro atoms. The first-order chi connectivity index (χ1) is 30.5. The predicted molar refractivity (Wildman–Crippen MR) is 269 cm³/mol. The minimum atomic E-state index is 1.11. The van der Waals surface area contributed by atoms with Crippen molar-refractivity contribution in [2.45, 2.75) is 66.2 Å². The number of nitrogens with zero attached hydrogens (tertiary/aromatic N) is 2. The predicted octanol–water partition coefficient (Wildman–Crippen LogP) is 17.6. The largest absolute Gasteiger partial charge is 0.311 e. The topological polar surface area (TPSA) is 6.48 Å². The number of anilines is 6. The lowest BCUT2D eigenvalue weighted by atomic mass is 9.86. The summed E-state index contributed by atoms with van der Waals surface area (Å²) in [5.41, 5.74) is 14.6. The van der Waals surface area contributed by atoms with E-state index in [1.807, 2.05) is 0 Å². The molecule has 0 saturated carbocycles. The summed E-state index contributed by atoms with van der Waals surface area (Å²) in [5.74, 6) is 0. The molecule has 10 aromatic carbocycles. The van der Waals surface area contributed by atoms with Crippen LogP contribution in [0.2, 0.25) is 0 Å². The number of benzene rings is 10. The van der Waals surface area contributed by atoms with Crippen LogP contribution < -0.4 is 9.80 Å². The van der Waals surface area contributed by atoms with Gasteiger partial charge in [0.05, 0.1) is 0 Å². The summed E-state index contributed by atoms with van der Waals surface area (Å²) >= 11 is 0. The quantitative estimate of drug-likeness (QED) is 0.0846. The zero-order valence-electron chi connectivity index (χ0n) is 36.5. The van der Waals surface area contributed by atoms with Gasteiger partial charge in [-0.1, -0.05) is 141 Å². The van der Waals surface area contributed by atoms with E-state index in [1.54, 1.807) is 0 Å². The molecular weight excluding hydrogens is 749 g/mol. The molecule has 0 fully saturated rings. The maximum Gasteiger partial charge on any atom is 0.0463 e. The highest BCUT2D eigenvalue weighted by Gasteiger charge is 2.19. The molecule has 0 aliphatic rings. The van der Waals surface area contributed by atoms with Crippen LogP contribution in [0.1, 0.15) is 61.8 Å². The maximum atomic E-state index is 2.39. The first-order valence-electron chi connectivity index (χ1n) is 22.6. The van der Waals surface area contributed by atoms with Gasteiger partial charge in [-0.25, -0.2) is 0 Å². The maximum absolute atomic E-state index is 2.39. The number of rotatable bonds is 13. The lowest BCUT2D eigenvalue weighted by Gasteiger charge is -2.29. The van der Waals surface area contributed by atoms with E-state index in [0.29, 0.717) is 0 Å². The fourth-order valence-electron chi connectivity index (χ4n) is 9.62. The van der Waals surface area contributed by atoms with Gasteiger partial charge in [0.1, 0.15) is 0 Å². The van der Waals surface area contributed by atoms with E-state index in [9.17, 15) is 0 Å². The van der Waals surface area contributed by atoms with Gasteiger partial charge in [-0.3, -0.25) is 0 Å². The highest BCUT2D eigenvalue weighted by atomic mass is 15.2. The minimum absolute atomic E-state index is 1.11. The molecule has 0 N–H and O–H groups in total. The molecule has 2 nitrogen and oxygen atoms in total. The van der Waals surface area contributed by atoms with Crippen LogP contribution in [0.3, 0.4) is 0 Å². The average molecular weight is 803 g/mol. The van der Waals surface area contributed by atoms with Crippen LogP contribution in [0.5, 0.6) is 0 Å². The van der Waals surface area contributed by atoms with Gasteiger partial charge in [0, 0.05) is 34.1 Å². The molecule has 304 valence electrons. The van der Waals surface area contributed by atoms with E-state index < -0.39 is 0 Å². The van der Waals surface area contributed by atoms with Crippen LogP contribution in [0.25, 0.3) is 54.2 Å². The van der Waals surface area contributed by atoms with Crippen molar-refractivity contribution < 1.29 is 0 Å². The first kappa shape index (κ1) is 39.2. The number of aryl methyl sites for hydroxylation is 4. The Morgan fingerprint density at radius 2 is 0.710 bits per heavy atom. The molecule has 0 heterocycles. The van der Waals surface area contributed by atoms with Gasteiger partial charge >= 0.3 is 0 Å². The van der Waals surface area contributed by atoms with Crippen molar-refractivity contribution in [3.63, 3.8) is 0 Å². The van der Waals surface area contributed by atoms with Crippen molar-refractivity contribution in [1.82, 2.24) is 0 Å². The van der Waals surface area contributed by atoms with E-state index in [0.717, 1.165) is 35.6 Å². The van der Waals surface area contributed by atoms with Crippen molar-refractivity contribution in [3.8, 4) is 11.1 Å². The molecule has 0 aliphatic heterocycles. The summed E-state index contributed by atoms with van der Waals surface area (Å²) in [5, 5.41) is 10.6. The molecule has 0 atom stereocenters. The monoisotopic (exact) mass is 802 g/mol. The fourth-order valence-corrected chi connectivity index (χ4v) is 9.62. The van der Waals surface area contributed by atoms with Gasteiger partial charge in [0.25, 0.3) is 0 Å². The van der Waals surface area contributed by atoms with Crippen molar-refractivity contribution in [2.75, 3.05) is 9.80 Å². The Balaban J connectivity index is 1.02. The highest BCUT2D eigenvalue weighted by Crippen LogP contribution is 2.45. The highest BCUT2D eigenvalue weighted by molar-refractivity contribution is 6.34. The lowest BCUT2D eigenvalue weighted by molar-refractivity contribution is 0.795. The third kappa shape index (κ3) is 7.24. The standard InChI is InChI=1S/C60H54N2/c1-5-7-11-43-20-28-47(29-21-43)62(48-30-22-44(23-31-48)12-8-6-2)51-36-34-50(35-37-51)61(46-26-17-41(3)18-27-46)49-32-24-45(25-33-49)53-39-40-58-57-38-19-42(4)52-13-9-15-55(59(52)57)56-16-10-14-54(53)60(56)58/h9-10,13-40H,5-8,11-12H2,1-4H3. The van der Waals surface area contributed by atoms with E-state index in [4.69, 9.17) is 0 Å². The summed E-state index contributed by atoms with van der Waals surface area (Å²) in [6.45, 7) is 8.89. The van der Waals surface area contributed by atoms with Gasteiger partial charge in [0.2, 0.25) is 0 Å². The van der Waals surface area contributed by atoms with Gasteiger partial charge in [-0.2, -0.15) is 0 Å². The minimum Gasteiger partial charge on any atom is -0.311 e. The Labute approximate surface area is 367 Å². The molecule has 10 rings (SSSR count). The Bertz CT molecular complexity index is 3050. The Hall–Kier alpha value is -6.90. The number of fused-ring (bicyclic) bond motifs is 2. The summed E-state index contributed by atoms with van der Waals surface area (Å²) in [7, 11) is 0. The second kappa shape index (κ2) is 16.9. The number of hydrogen-bond donors (Lipinski definition) is 0. The normalized spacial score (nSPS) is 11.6. The van der Waals surface area contributed by atoms with Gasteiger partial charge in [0.15, 0.2) is 0 Å². The van der Waals surface area contributed by atoms with Gasteiger partial charge < -0.3 is 9.80 Å². The molecule has 0 aliphatic carbocycles. The molecule has 0 unspecified atom stereocenters. The van der Waals surface area contributed by atoms with Gasteiger partial charge in [-0.15, -0.1) is 0 Å². The zero-order chi connectivity index (χ0) is 42.2. The van der Waals surface area contributed by atoms with Crippen LogP contribution >= 0.6 is 0 Å². The van der Waals surface area contributed by atoms with Crippen LogP contribution in [0, 0.1) is 13.8 Å². The summed E-state index contributed by atoms with van der Waals surface area (Å²) in [6.07, 6.45) is 7.05. The lowest BCUT2D eigenvalue weighted by Crippen LogP contribution is -2.12. The average Bonchev–Trinajstić information content (AvgIpc) is 3.32. The second-order valence-electron chi connectivity index (χ2n) is 17.2. The van der Waals surface area contributed by atoms with E-state index >= 15 is 0 Å². The summed E-state index contributed by atoms with van der Waals surface area (Å²) in [4.78, 5) is 4.77. The Morgan fingerprint density at radius 3 is 1.19 bits per heavy atom. The summed E-state index contributed by atoms with van der Waals surface area (Å²) < 4.78 is 0. The molecule has 0 saturated heterocycles. The van der Waals surface area contributed by atoms with Crippen LogP contribution in [-0.4, -0.2) is 0 Å². The SMILES string of the molecule is CCCCc1ccc(N(c2ccc(CCCC)cc2)c2ccc(N(c3ccc(C)cc3)c3ccc(-c4ccc5c6ccc(C)c7cccc(c8cccc4c85)c76)cc3)cc2)cc1. The third-order valence-corrected chi connectivity index (χ3v) is 13.0. The molecule has 0 amide bonds. The van der Waals surface area contributed by atoms with E-state index in [2.05, 4.69) is 219 Å². The van der Waals surface area contributed by atoms with Crippen molar-refractivity contribution in [3.05, 3.63) is 204 Å². The summed E-state index contributed by atoms with van der Waals surface area (Å²) in [6, 6.07) is 68.4. The van der Waals surface area contributed by atoms with Crippen molar-refractivity contribution >= 4 is 77.2 Å². The molecule has 62 heavy (non-hydrogen) atoms. The molecular formula is C60H54N2. The van der Waals surface area contributed by atoms with Crippen molar-refractivity contribution in [2.24, 2.45) is 0 Å². The zero-order valence-corrected chi connectivity index (χ0v) is 36.5. The van der Waals surface area contributed by atoms with Crippen LogP contribution in [-0.2, 0) is 12.8 Å². The van der Waals surface area contributed by atoms with Crippen LogP contribution in [0.4, 0.5) is 34.1 Å². The molecule has 0 aromatic heterocycles. The van der Waals surface area contributed by atoms with Crippen LogP contribution in [0.15, 0.2) is 182 Å². The van der Waals surface area contributed by atoms with E-state index in [1.165, 1.54) is 114 Å². The molecule has 0 radical (unpaired) electrons. The first-order valence-corrected chi connectivity index (χ1v) is 22.6. The molecule has 0 bridgehead atoms. The van der Waals surface area contributed by atoms with E-state index in [-0.39, 0.29) is 0 Å². The Morgan fingerprint density at radius 1 is 0.339 bits per heavy atom. The number of hydrogen-bond acceptors (Lipinski definition) is 2. The third-order valence-electron chi connectivity index (χ3n) is 13.0. The molecule has 10 aromatic rings. The van der Waals surface area contributed by atoms with Gasteiger partial charge in [-0.05, 0) is 183 Å². The second-order valence-corrected chi connectivity index (χ2v) is 17.2. The van der Waals surface area contributed by atoms with Crippen molar-refractivity contribution in [1.29, 1.82) is 0 Å². The molecule has 2 heteroatoms. The Kier molecular flexibility index (Phi) is 10.7. The smallest absolute Gasteiger partial charge is 0.0463 e.